The molecular formula is C20H17N3O2. The molecule has 25 heavy (non-hydrogen) atoms. The number of hydrogen-bond acceptors (Lipinski definition) is 5. The minimum atomic E-state index is 0.189. The lowest BCUT2D eigenvalue weighted by Crippen LogP contribution is -2.14. The van der Waals surface area contributed by atoms with Crippen LogP contribution in [-0.4, -0.2) is 17.1 Å². The number of methoxy groups -OCH3 is 1. The number of ether oxygens (including phenoxy) is 1. The third-order valence-electron chi connectivity index (χ3n) is 4.60. The van der Waals surface area contributed by atoms with Gasteiger partial charge in [-0.1, -0.05) is 6.07 Å². The molecule has 0 saturated carbocycles. The molecule has 1 unspecified atom stereocenters. The molecule has 0 bridgehead atoms. The maximum atomic E-state index is 9.31. The molecular weight excluding hydrogens is 314 g/mol. The van der Waals surface area contributed by atoms with E-state index >= 15 is 0 Å². The second-order valence-corrected chi connectivity index (χ2v) is 6.11. The van der Waals surface area contributed by atoms with Crippen LogP contribution in [0.3, 0.4) is 0 Å². The third-order valence-corrected chi connectivity index (χ3v) is 4.60. The number of benzene rings is 1. The average molecular weight is 331 g/mol. The number of oxazole rings is 1. The molecule has 0 N–H and O–H groups in total. The van der Waals surface area contributed by atoms with E-state index in [2.05, 4.69) is 16.0 Å². The minimum absolute atomic E-state index is 0.189. The Hall–Kier alpha value is -3.13. The first kappa shape index (κ1) is 15.4. The lowest BCUT2D eigenvalue weighted by molar-refractivity contribution is 0.414. The molecule has 0 fully saturated rings. The van der Waals surface area contributed by atoms with E-state index in [1.807, 2.05) is 30.3 Å². The van der Waals surface area contributed by atoms with Crippen molar-refractivity contribution in [2.24, 2.45) is 0 Å². The third kappa shape index (κ3) is 2.87. The second-order valence-electron chi connectivity index (χ2n) is 6.11. The standard InChI is InChI=1S/C20H17N3O2/c1-24-16-6-2-4-14(10-16)20-23-17-8-7-13(11-18(17)25-20)19-15(12-21)5-3-9-22-19/h2-6,9-10,13H,7-8,11H2,1H3. The SMILES string of the molecule is COc1cccc(-c2nc3c(o2)CC(c2ncccc2C#N)CC3)c1. The highest BCUT2D eigenvalue weighted by Crippen LogP contribution is 2.35. The van der Waals surface area contributed by atoms with Crippen molar-refractivity contribution in [1.82, 2.24) is 9.97 Å². The Morgan fingerprint density at radius 3 is 3.04 bits per heavy atom. The lowest BCUT2D eigenvalue weighted by atomic mass is 9.86. The molecule has 2 aromatic heterocycles. The summed E-state index contributed by atoms with van der Waals surface area (Å²) in [4.78, 5) is 9.09. The zero-order valence-electron chi connectivity index (χ0n) is 13.9. The van der Waals surface area contributed by atoms with Gasteiger partial charge in [0.05, 0.1) is 24.1 Å². The molecule has 5 heteroatoms. The molecule has 3 aromatic rings. The van der Waals surface area contributed by atoms with E-state index in [1.165, 1.54) is 0 Å². The van der Waals surface area contributed by atoms with Crippen LogP contribution in [0, 0.1) is 11.3 Å². The molecule has 0 saturated heterocycles. The van der Waals surface area contributed by atoms with Gasteiger partial charge in [0.15, 0.2) is 0 Å². The van der Waals surface area contributed by atoms with Gasteiger partial charge in [-0.25, -0.2) is 4.98 Å². The summed E-state index contributed by atoms with van der Waals surface area (Å²) in [6.07, 6.45) is 4.21. The van der Waals surface area contributed by atoms with Crippen molar-refractivity contribution in [1.29, 1.82) is 5.26 Å². The summed E-state index contributed by atoms with van der Waals surface area (Å²) in [5, 5.41) is 9.31. The van der Waals surface area contributed by atoms with Crippen LogP contribution in [0.15, 0.2) is 47.0 Å². The second kappa shape index (κ2) is 6.40. The first-order chi connectivity index (χ1) is 12.3. The lowest BCUT2D eigenvalue weighted by Gasteiger charge is -2.20. The van der Waals surface area contributed by atoms with E-state index in [-0.39, 0.29) is 5.92 Å². The van der Waals surface area contributed by atoms with Gasteiger partial charge in [-0.15, -0.1) is 0 Å². The highest BCUT2D eigenvalue weighted by atomic mass is 16.5. The van der Waals surface area contributed by atoms with Gasteiger partial charge in [-0.2, -0.15) is 5.26 Å². The predicted molar refractivity (Wildman–Crippen MR) is 92.2 cm³/mol. The molecule has 1 atom stereocenters. The fourth-order valence-electron chi connectivity index (χ4n) is 3.33. The zero-order valence-corrected chi connectivity index (χ0v) is 13.9. The van der Waals surface area contributed by atoms with Gasteiger partial charge in [0.2, 0.25) is 5.89 Å². The van der Waals surface area contributed by atoms with E-state index in [0.717, 1.165) is 47.7 Å². The molecule has 0 aliphatic heterocycles. The Balaban J connectivity index is 1.64. The van der Waals surface area contributed by atoms with Crippen molar-refractivity contribution in [2.45, 2.75) is 25.2 Å². The van der Waals surface area contributed by atoms with Crippen LogP contribution in [0.1, 0.15) is 35.1 Å². The number of hydrogen-bond donors (Lipinski definition) is 0. The van der Waals surface area contributed by atoms with Crippen LogP contribution >= 0.6 is 0 Å². The number of fused-ring (bicyclic) bond motifs is 1. The van der Waals surface area contributed by atoms with Gasteiger partial charge in [-0.05, 0) is 43.2 Å². The Bertz CT molecular complexity index is 956. The smallest absolute Gasteiger partial charge is 0.226 e. The monoisotopic (exact) mass is 331 g/mol. The molecule has 0 amide bonds. The maximum Gasteiger partial charge on any atom is 0.226 e. The van der Waals surface area contributed by atoms with E-state index < -0.39 is 0 Å². The van der Waals surface area contributed by atoms with Crippen molar-refractivity contribution < 1.29 is 9.15 Å². The van der Waals surface area contributed by atoms with Gasteiger partial charge in [0, 0.05) is 24.1 Å². The molecule has 5 nitrogen and oxygen atoms in total. The summed E-state index contributed by atoms with van der Waals surface area (Å²) in [5.41, 5.74) is 3.41. The van der Waals surface area contributed by atoms with Crippen molar-refractivity contribution in [3.8, 4) is 23.3 Å². The zero-order chi connectivity index (χ0) is 17.2. The topological polar surface area (TPSA) is 71.9 Å². The van der Waals surface area contributed by atoms with Crippen molar-refractivity contribution >= 4 is 0 Å². The summed E-state index contributed by atoms with van der Waals surface area (Å²) in [7, 11) is 1.64. The van der Waals surface area contributed by atoms with E-state index in [1.54, 1.807) is 19.4 Å². The van der Waals surface area contributed by atoms with Crippen LogP contribution in [0.2, 0.25) is 0 Å². The van der Waals surface area contributed by atoms with Gasteiger partial charge in [0.1, 0.15) is 17.6 Å². The molecule has 124 valence electrons. The number of rotatable bonds is 3. The maximum absolute atomic E-state index is 9.31. The number of aryl methyl sites for hydroxylation is 1. The fourth-order valence-corrected chi connectivity index (χ4v) is 3.33. The number of pyridine rings is 1. The molecule has 1 aromatic carbocycles. The van der Waals surface area contributed by atoms with Crippen molar-refractivity contribution in [3.05, 3.63) is 65.3 Å². The predicted octanol–water partition coefficient (Wildman–Crippen LogP) is 3.89. The summed E-state index contributed by atoms with van der Waals surface area (Å²) < 4.78 is 11.3. The fraction of sp³-hybridized carbons (Fsp3) is 0.250. The van der Waals surface area contributed by atoms with Crippen LogP contribution in [0.25, 0.3) is 11.5 Å². The largest absolute Gasteiger partial charge is 0.497 e. The first-order valence-corrected chi connectivity index (χ1v) is 8.26. The molecule has 1 aliphatic carbocycles. The first-order valence-electron chi connectivity index (χ1n) is 8.26. The summed E-state index contributed by atoms with van der Waals surface area (Å²) in [5.74, 6) is 2.47. The number of nitrogens with zero attached hydrogens (tertiary/aromatic N) is 3. The molecule has 0 radical (unpaired) electrons. The summed E-state index contributed by atoms with van der Waals surface area (Å²) >= 11 is 0. The quantitative estimate of drug-likeness (QED) is 0.728. The molecule has 4 rings (SSSR count). The van der Waals surface area contributed by atoms with Gasteiger partial charge < -0.3 is 9.15 Å². The summed E-state index contributed by atoms with van der Waals surface area (Å²) in [6, 6.07) is 13.6. The van der Waals surface area contributed by atoms with E-state index in [0.29, 0.717) is 11.5 Å². The van der Waals surface area contributed by atoms with Gasteiger partial charge >= 0.3 is 0 Å². The average Bonchev–Trinajstić information content (AvgIpc) is 3.11. The van der Waals surface area contributed by atoms with Crippen LogP contribution in [0.4, 0.5) is 0 Å². The Kier molecular flexibility index (Phi) is 3.95. The number of nitriles is 1. The van der Waals surface area contributed by atoms with Gasteiger partial charge in [-0.3, -0.25) is 4.98 Å². The van der Waals surface area contributed by atoms with Crippen LogP contribution in [-0.2, 0) is 12.8 Å². The van der Waals surface area contributed by atoms with Crippen LogP contribution < -0.4 is 4.74 Å². The van der Waals surface area contributed by atoms with Crippen molar-refractivity contribution in [2.75, 3.05) is 7.11 Å². The minimum Gasteiger partial charge on any atom is -0.497 e. The Morgan fingerprint density at radius 2 is 2.20 bits per heavy atom. The summed E-state index contributed by atoms with van der Waals surface area (Å²) in [6.45, 7) is 0. The number of aromatic nitrogens is 2. The highest BCUT2D eigenvalue weighted by molar-refractivity contribution is 5.56. The van der Waals surface area contributed by atoms with Gasteiger partial charge in [0.25, 0.3) is 0 Å². The van der Waals surface area contributed by atoms with Crippen LogP contribution in [0.5, 0.6) is 5.75 Å². The van der Waals surface area contributed by atoms with E-state index in [4.69, 9.17) is 9.15 Å². The highest BCUT2D eigenvalue weighted by Gasteiger charge is 2.27. The van der Waals surface area contributed by atoms with Crippen molar-refractivity contribution in [3.63, 3.8) is 0 Å². The normalized spacial score (nSPS) is 16.1. The molecule has 1 aliphatic rings. The Labute approximate surface area is 145 Å². The van der Waals surface area contributed by atoms with E-state index in [9.17, 15) is 5.26 Å². The molecule has 0 spiro atoms. The Morgan fingerprint density at radius 1 is 1.28 bits per heavy atom. The molecule has 2 heterocycles.